The maximum atomic E-state index is 12.7. The minimum Gasteiger partial charge on any atom is -0.324 e. The van der Waals surface area contributed by atoms with Crippen LogP contribution >= 0.6 is 0 Å². The number of carbonyl (C=O) groups is 1. The van der Waals surface area contributed by atoms with Crippen molar-refractivity contribution in [3.8, 4) is 0 Å². The Morgan fingerprint density at radius 3 is 2.43 bits per heavy atom. The van der Waals surface area contributed by atoms with Crippen molar-refractivity contribution in [2.75, 3.05) is 25.0 Å². The van der Waals surface area contributed by atoms with Crippen LogP contribution in [0, 0.1) is 0 Å². The SMILES string of the molecule is C=C(C)CN(CC)CC(=O)Nc1ccccc1S(=O)(=O)C(F)F. The molecule has 1 aromatic carbocycles. The van der Waals surface area contributed by atoms with Gasteiger partial charge in [-0.1, -0.05) is 31.2 Å². The minimum absolute atomic E-state index is 0.00637. The predicted molar refractivity (Wildman–Crippen MR) is 85.2 cm³/mol. The number of amides is 1. The zero-order valence-corrected chi connectivity index (χ0v) is 13.9. The number of nitrogens with zero attached hydrogens (tertiary/aromatic N) is 1. The van der Waals surface area contributed by atoms with E-state index in [9.17, 15) is 22.0 Å². The van der Waals surface area contributed by atoms with Gasteiger partial charge in [-0.2, -0.15) is 8.78 Å². The summed E-state index contributed by atoms with van der Waals surface area (Å²) in [6.07, 6.45) is 0. The molecule has 0 aliphatic rings. The lowest BCUT2D eigenvalue weighted by Gasteiger charge is -2.20. The van der Waals surface area contributed by atoms with Crippen molar-refractivity contribution in [2.24, 2.45) is 0 Å². The van der Waals surface area contributed by atoms with Crippen LogP contribution in [0.25, 0.3) is 0 Å². The van der Waals surface area contributed by atoms with Crippen LogP contribution in [0.15, 0.2) is 41.3 Å². The lowest BCUT2D eigenvalue weighted by atomic mass is 10.3. The summed E-state index contributed by atoms with van der Waals surface area (Å²) >= 11 is 0. The van der Waals surface area contributed by atoms with E-state index < -0.39 is 26.4 Å². The van der Waals surface area contributed by atoms with E-state index in [1.165, 1.54) is 18.2 Å². The van der Waals surface area contributed by atoms with Gasteiger partial charge in [-0.3, -0.25) is 9.69 Å². The molecule has 23 heavy (non-hydrogen) atoms. The molecule has 5 nitrogen and oxygen atoms in total. The van der Waals surface area contributed by atoms with Crippen LogP contribution < -0.4 is 5.32 Å². The van der Waals surface area contributed by atoms with E-state index in [2.05, 4.69) is 11.9 Å². The molecule has 0 saturated carbocycles. The normalized spacial score (nSPS) is 11.7. The molecule has 1 aromatic rings. The van der Waals surface area contributed by atoms with Crippen LogP contribution in [-0.2, 0) is 14.6 Å². The van der Waals surface area contributed by atoms with Gasteiger partial charge in [-0.15, -0.1) is 0 Å². The third-order valence-electron chi connectivity index (χ3n) is 3.01. The number of anilines is 1. The van der Waals surface area contributed by atoms with Gasteiger partial charge < -0.3 is 5.32 Å². The fraction of sp³-hybridized carbons (Fsp3) is 0.400. The molecule has 0 aromatic heterocycles. The maximum absolute atomic E-state index is 12.7. The summed E-state index contributed by atoms with van der Waals surface area (Å²) in [5.41, 5.74) is 0.726. The largest absolute Gasteiger partial charge is 0.341 e. The van der Waals surface area contributed by atoms with Gasteiger partial charge in [0.15, 0.2) is 0 Å². The van der Waals surface area contributed by atoms with Crippen LogP contribution in [0.1, 0.15) is 13.8 Å². The minimum atomic E-state index is -4.78. The lowest BCUT2D eigenvalue weighted by molar-refractivity contribution is -0.117. The first-order valence-electron chi connectivity index (χ1n) is 6.96. The highest BCUT2D eigenvalue weighted by Crippen LogP contribution is 2.26. The summed E-state index contributed by atoms with van der Waals surface area (Å²) < 4.78 is 48.7. The zero-order chi connectivity index (χ0) is 17.6. The van der Waals surface area contributed by atoms with E-state index in [0.717, 1.165) is 11.6 Å². The number of para-hydroxylation sites is 1. The molecule has 0 unspecified atom stereocenters. The van der Waals surface area contributed by atoms with E-state index in [0.29, 0.717) is 13.1 Å². The number of rotatable bonds is 8. The topological polar surface area (TPSA) is 66.5 Å². The molecule has 1 rings (SSSR count). The first kappa shape index (κ1) is 19.2. The molecule has 0 bridgehead atoms. The molecule has 1 N–H and O–H groups in total. The molecule has 0 radical (unpaired) electrons. The lowest BCUT2D eigenvalue weighted by Crippen LogP contribution is -2.34. The summed E-state index contributed by atoms with van der Waals surface area (Å²) in [6.45, 7) is 8.57. The first-order chi connectivity index (χ1) is 10.7. The Labute approximate surface area is 134 Å². The number of benzene rings is 1. The summed E-state index contributed by atoms with van der Waals surface area (Å²) in [4.78, 5) is 13.2. The highest BCUT2D eigenvalue weighted by atomic mass is 32.2. The Bertz CT molecular complexity index is 675. The van der Waals surface area contributed by atoms with Crippen molar-refractivity contribution in [3.05, 3.63) is 36.4 Å². The Morgan fingerprint density at radius 1 is 1.30 bits per heavy atom. The number of likely N-dealkylation sites (N-methyl/N-ethyl adjacent to an activating group) is 1. The first-order valence-corrected chi connectivity index (χ1v) is 8.50. The highest BCUT2D eigenvalue weighted by molar-refractivity contribution is 7.91. The number of carbonyl (C=O) groups excluding carboxylic acids is 1. The molecular weight excluding hydrogens is 326 g/mol. The van der Waals surface area contributed by atoms with Crippen molar-refractivity contribution in [2.45, 2.75) is 24.5 Å². The average Bonchev–Trinajstić information content (AvgIpc) is 2.46. The number of hydrogen-bond donors (Lipinski definition) is 1. The van der Waals surface area contributed by atoms with E-state index in [-0.39, 0.29) is 12.2 Å². The molecule has 0 spiro atoms. The highest BCUT2D eigenvalue weighted by Gasteiger charge is 2.29. The number of hydrogen-bond acceptors (Lipinski definition) is 4. The molecule has 128 valence electrons. The molecule has 0 aliphatic heterocycles. The number of sulfone groups is 1. The van der Waals surface area contributed by atoms with Crippen LogP contribution in [0.4, 0.5) is 14.5 Å². The molecule has 0 atom stereocenters. The third-order valence-corrected chi connectivity index (χ3v) is 4.45. The smallest absolute Gasteiger partial charge is 0.324 e. The standard InChI is InChI=1S/C15H20F2N2O3S/c1-4-19(9-11(2)3)10-14(20)18-12-7-5-6-8-13(12)23(21,22)15(16)17/h5-8,15H,2,4,9-10H2,1,3H3,(H,18,20). The Hall–Kier alpha value is -1.80. The summed E-state index contributed by atoms with van der Waals surface area (Å²) in [5.74, 6) is -4.03. The van der Waals surface area contributed by atoms with Gasteiger partial charge in [0.2, 0.25) is 15.7 Å². The van der Waals surface area contributed by atoms with Gasteiger partial charge in [-0.25, -0.2) is 8.42 Å². The van der Waals surface area contributed by atoms with E-state index >= 15 is 0 Å². The van der Waals surface area contributed by atoms with E-state index in [1.807, 2.05) is 13.8 Å². The molecule has 1 amide bonds. The second-order valence-corrected chi connectivity index (χ2v) is 7.00. The van der Waals surface area contributed by atoms with Crippen LogP contribution in [0.2, 0.25) is 0 Å². The van der Waals surface area contributed by atoms with Gasteiger partial charge in [0.25, 0.3) is 0 Å². The van der Waals surface area contributed by atoms with Crippen molar-refractivity contribution < 1.29 is 22.0 Å². The third kappa shape index (κ3) is 5.40. The van der Waals surface area contributed by atoms with Crippen molar-refractivity contribution in [3.63, 3.8) is 0 Å². The fourth-order valence-electron chi connectivity index (χ4n) is 1.97. The average molecular weight is 346 g/mol. The molecular formula is C15H20F2N2O3S. The number of alkyl halides is 2. The van der Waals surface area contributed by atoms with Crippen molar-refractivity contribution in [1.82, 2.24) is 4.90 Å². The second-order valence-electron chi connectivity index (χ2n) is 5.11. The number of halogens is 2. The van der Waals surface area contributed by atoms with Gasteiger partial charge in [-0.05, 0) is 25.6 Å². The van der Waals surface area contributed by atoms with Crippen LogP contribution in [0.3, 0.4) is 0 Å². The van der Waals surface area contributed by atoms with Gasteiger partial charge >= 0.3 is 5.76 Å². The van der Waals surface area contributed by atoms with Crippen LogP contribution in [-0.4, -0.2) is 44.6 Å². The number of nitrogens with one attached hydrogen (secondary N) is 1. The van der Waals surface area contributed by atoms with Crippen LogP contribution in [0.5, 0.6) is 0 Å². The summed E-state index contributed by atoms with van der Waals surface area (Å²) in [7, 11) is -4.78. The monoisotopic (exact) mass is 346 g/mol. The van der Waals surface area contributed by atoms with Gasteiger partial charge in [0, 0.05) is 6.54 Å². The zero-order valence-electron chi connectivity index (χ0n) is 13.1. The summed E-state index contributed by atoms with van der Waals surface area (Å²) in [6, 6.07) is 5.11. The maximum Gasteiger partial charge on any atom is 0.341 e. The Morgan fingerprint density at radius 2 is 1.91 bits per heavy atom. The molecule has 0 saturated heterocycles. The molecule has 0 aliphatic carbocycles. The predicted octanol–water partition coefficient (Wildman–Crippen LogP) is 2.52. The van der Waals surface area contributed by atoms with Gasteiger partial charge in [0.1, 0.15) is 0 Å². The van der Waals surface area contributed by atoms with Crippen molar-refractivity contribution >= 4 is 21.4 Å². The summed E-state index contributed by atoms with van der Waals surface area (Å²) in [5, 5.41) is 2.39. The Balaban J connectivity index is 2.94. The van der Waals surface area contributed by atoms with Crippen molar-refractivity contribution in [1.29, 1.82) is 0 Å². The van der Waals surface area contributed by atoms with E-state index in [1.54, 1.807) is 4.90 Å². The Kier molecular flexibility index (Phi) is 6.83. The second kappa shape index (κ2) is 8.16. The quantitative estimate of drug-likeness (QED) is 0.735. The molecule has 0 heterocycles. The molecule has 0 fully saturated rings. The van der Waals surface area contributed by atoms with Gasteiger partial charge in [0.05, 0.1) is 17.1 Å². The fourth-order valence-corrected chi connectivity index (χ4v) is 2.85. The molecule has 8 heteroatoms. The van der Waals surface area contributed by atoms with E-state index in [4.69, 9.17) is 0 Å².